The lowest BCUT2D eigenvalue weighted by molar-refractivity contribution is 0.00578. The van der Waals surface area contributed by atoms with E-state index >= 15 is 0 Å². The van der Waals surface area contributed by atoms with Gasteiger partial charge in [-0.25, -0.2) is 0 Å². The van der Waals surface area contributed by atoms with E-state index in [0.29, 0.717) is 0 Å². The molecule has 0 amide bonds. The van der Waals surface area contributed by atoms with Crippen LogP contribution in [0.5, 0.6) is 0 Å². The fraction of sp³-hybridized carbons (Fsp3) is 0.176. The Labute approximate surface area is 675 Å². The van der Waals surface area contributed by atoms with Crippen LogP contribution in [0.1, 0.15) is 83.1 Å². The van der Waals surface area contributed by atoms with Crippen LogP contribution >= 0.6 is 0 Å². The molecule has 12 nitrogen and oxygen atoms in total. The van der Waals surface area contributed by atoms with Crippen molar-refractivity contribution in [3.63, 3.8) is 0 Å². The molecule has 21 aromatic rings. The highest BCUT2D eigenvalue weighted by Gasteiger charge is 2.55. The maximum Gasteiger partial charge on any atom is 0.498 e. The van der Waals surface area contributed by atoms with Gasteiger partial charge in [0.2, 0.25) is 0 Å². The fourth-order valence-corrected chi connectivity index (χ4v) is 17.7. The molecule has 3 saturated heterocycles. The Morgan fingerprint density at radius 1 is 0.205 bits per heavy atom. The molecule has 570 valence electrons. The van der Waals surface area contributed by atoms with E-state index in [1.165, 1.54) is 21.7 Å². The molecular formula is C102H81B3O12. The van der Waals surface area contributed by atoms with Crippen LogP contribution in [0.3, 0.4) is 0 Å². The van der Waals surface area contributed by atoms with Gasteiger partial charge >= 0.3 is 21.4 Å². The summed E-state index contributed by atoms with van der Waals surface area (Å²) >= 11 is 0. The summed E-state index contributed by atoms with van der Waals surface area (Å²) in [5.41, 5.74) is 17.6. The first kappa shape index (κ1) is 71.4. The average molecular weight is 1530 g/mol. The summed E-state index contributed by atoms with van der Waals surface area (Å²) in [5.74, 6) is 0. The Hall–Kier alpha value is -12.2. The first-order valence-electron chi connectivity index (χ1n) is 40.3. The van der Waals surface area contributed by atoms with Crippen molar-refractivity contribution in [1.82, 2.24) is 0 Å². The summed E-state index contributed by atoms with van der Waals surface area (Å²) in [5, 5.41) is 20.2. The Bertz CT molecular complexity index is 7680. The van der Waals surface area contributed by atoms with E-state index in [1.54, 1.807) is 0 Å². The molecule has 0 radical (unpaired) electrons. The second kappa shape index (κ2) is 25.7. The van der Waals surface area contributed by atoms with Crippen LogP contribution in [0.15, 0.2) is 299 Å². The van der Waals surface area contributed by atoms with Gasteiger partial charge in [-0.05, 0) is 240 Å². The summed E-state index contributed by atoms with van der Waals surface area (Å²) in [6.45, 7) is 24.9. The second-order valence-corrected chi connectivity index (χ2v) is 34.8. The Balaban J connectivity index is 0.000000106. The first-order valence-corrected chi connectivity index (χ1v) is 40.3. The normalized spacial score (nSPS) is 16.9. The van der Waals surface area contributed by atoms with E-state index < -0.39 is 43.8 Å². The number of rotatable bonds is 6. The third kappa shape index (κ3) is 11.3. The van der Waals surface area contributed by atoms with Crippen molar-refractivity contribution < 1.29 is 54.4 Å². The number of furan rings is 6. The van der Waals surface area contributed by atoms with Gasteiger partial charge in [-0.2, -0.15) is 0 Å². The van der Waals surface area contributed by atoms with Gasteiger partial charge in [0.05, 0.1) is 33.6 Å². The van der Waals surface area contributed by atoms with Crippen LogP contribution in [0, 0.1) is 0 Å². The summed E-state index contributed by atoms with van der Waals surface area (Å²) in [6.07, 6.45) is 0. The van der Waals surface area contributed by atoms with Gasteiger partial charge < -0.3 is 54.4 Å². The van der Waals surface area contributed by atoms with E-state index in [0.717, 1.165) is 192 Å². The van der Waals surface area contributed by atoms with Crippen molar-refractivity contribution in [2.45, 2.75) is 117 Å². The van der Waals surface area contributed by atoms with Crippen molar-refractivity contribution in [1.29, 1.82) is 0 Å². The zero-order valence-electron chi connectivity index (χ0n) is 67.1. The number of fused-ring (bicyclic) bond motifs is 21. The van der Waals surface area contributed by atoms with Crippen molar-refractivity contribution in [2.75, 3.05) is 0 Å². The summed E-state index contributed by atoms with van der Waals surface area (Å²) < 4.78 is 76.2. The molecule has 0 bridgehead atoms. The predicted octanol–water partition coefficient (Wildman–Crippen LogP) is 25.8. The third-order valence-corrected chi connectivity index (χ3v) is 26.1. The molecule has 3 aliphatic heterocycles. The smallest absolute Gasteiger partial charge is 0.456 e. The molecule has 0 atom stereocenters. The molecule has 0 saturated carbocycles. The van der Waals surface area contributed by atoms with Gasteiger partial charge in [0.25, 0.3) is 0 Å². The second-order valence-electron chi connectivity index (χ2n) is 34.8. The fourth-order valence-electron chi connectivity index (χ4n) is 17.7. The monoisotopic (exact) mass is 1530 g/mol. The highest BCUT2D eigenvalue weighted by atomic mass is 16.7. The number of para-hydroxylation sites is 5. The predicted molar refractivity (Wildman–Crippen MR) is 479 cm³/mol. The summed E-state index contributed by atoms with van der Waals surface area (Å²) in [7, 11) is -1.38. The molecular weight excluding hydrogens is 1450 g/mol. The Morgan fingerprint density at radius 3 is 1.33 bits per heavy atom. The van der Waals surface area contributed by atoms with Gasteiger partial charge in [-0.15, -0.1) is 0 Å². The van der Waals surface area contributed by atoms with Gasteiger partial charge in [-0.1, -0.05) is 182 Å². The number of hydrogen-bond acceptors (Lipinski definition) is 12. The molecule has 15 aromatic carbocycles. The van der Waals surface area contributed by atoms with Gasteiger partial charge in [0, 0.05) is 81.2 Å². The minimum atomic E-state index is -0.490. The van der Waals surface area contributed by atoms with Crippen molar-refractivity contribution in [2.24, 2.45) is 0 Å². The molecule has 0 unspecified atom stereocenters. The minimum absolute atomic E-state index is 0.387. The summed E-state index contributed by atoms with van der Waals surface area (Å²) in [4.78, 5) is 0. The van der Waals surface area contributed by atoms with Crippen LogP contribution in [-0.2, 0) is 27.9 Å². The first-order chi connectivity index (χ1) is 56.4. The summed E-state index contributed by atoms with van der Waals surface area (Å²) in [6, 6.07) is 95.0. The largest absolute Gasteiger partial charge is 0.498 e. The molecule has 24 rings (SSSR count). The van der Waals surface area contributed by atoms with E-state index in [2.05, 4.69) is 295 Å². The lowest BCUT2D eigenvalue weighted by atomic mass is 9.76. The molecule has 9 heterocycles. The molecule has 3 fully saturated rings. The standard InChI is InChI=1S/3C34H27BO4/c1-33(2)34(3,4)39-35(38-33)28-13-8-12-26-25-11-7-10-23(31(25)37-32(26)28)21-16-15-20-19-30-27(18-22(20)17-21)24-9-5-6-14-29(24)36-30;1-33(2)34(3,4)39-35(38-33)25-13-9-15-27-31(25)24-17-16-21(19-28(24)37-27)30-22-11-6-5-10-20(22)18-29-32(30)23-12-7-8-14-26(23)36-29;1-33(2)34(3,4)39-35(38-33)22-13-14-25-27-17-21(12-15-30(27)37-31(25)18-22)23-10-7-8-20-16-28-24-9-5-6-11-29(24)36-32(28)19-26(20)23/h3*5-19H,1-4H3. The van der Waals surface area contributed by atoms with Crippen molar-refractivity contribution in [3.05, 3.63) is 273 Å². The third-order valence-electron chi connectivity index (χ3n) is 26.1. The van der Waals surface area contributed by atoms with Crippen LogP contribution in [-0.4, -0.2) is 55.0 Å². The van der Waals surface area contributed by atoms with E-state index in [4.69, 9.17) is 54.4 Å². The van der Waals surface area contributed by atoms with Crippen LogP contribution in [0.4, 0.5) is 0 Å². The maximum absolute atomic E-state index is 6.67. The van der Waals surface area contributed by atoms with Gasteiger partial charge in [0.15, 0.2) is 0 Å². The van der Waals surface area contributed by atoms with Gasteiger partial charge in [-0.3, -0.25) is 0 Å². The highest BCUT2D eigenvalue weighted by Crippen LogP contribution is 2.48. The lowest BCUT2D eigenvalue weighted by Crippen LogP contribution is -2.41. The average Bonchev–Trinajstić information content (AvgIpc) is 1.59. The Kier molecular flexibility index (Phi) is 15.7. The molecule has 15 heteroatoms. The van der Waals surface area contributed by atoms with Crippen LogP contribution < -0.4 is 16.4 Å². The molecule has 0 spiro atoms. The lowest BCUT2D eigenvalue weighted by Gasteiger charge is -2.32. The molecule has 117 heavy (non-hydrogen) atoms. The topological polar surface area (TPSA) is 134 Å². The number of hydrogen-bond donors (Lipinski definition) is 0. The van der Waals surface area contributed by atoms with E-state index in [-0.39, 0.29) is 11.2 Å². The quantitative estimate of drug-likeness (QED) is 0.147. The van der Waals surface area contributed by atoms with Gasteiger partial charge in [0.1, 0.15) is 67.0 Å². The van der Waals surface area contributed by atoms with E-state index in [1.807, 2.05) is 60.7 Å². The van der Waals surface area contributed by atoms with Crippen LogP contribution in [0.2, 0.25) is 0 Å². The minimum Gasteiger partial charge on any atom is -0.456 e. The molecule has 6 aromatic heterocycles. The zero-order valence-corrected chi connectivity index (χ0v) is 67.1. The number of benzene rings is 15. The van der Waals surface area contributed by atoms with E-state index in [9.17, 15) is 0 Å². The molecule has 0 N–H and O–H groups in total. The van der Waals surface area contributed by atoms with Crippen LogP contribution in [0.25, 0.3) is 197 Å². The van der Waals surface area contributed by atoms with Crippen molar-refractivity contribution >= 4 is 202 Å². The highest BCUT2D eigenvalue weighted by molar-refractivity contribution is 6.66. The zero-order chi connectivity index (χ0) is 79.6. The Morgan fingerprint density at radius 2 is 0.632 bits per heavy atom. The maximum atomic E-state index is 6.67. The van der Waals surface area contributed by atoms with Crippen molar-refractivity contribution in [3.8, 4) is 33.4 Å². The molecule has 3 aliphatic rings. The SMILES string of the molecule is CC1(C)OB(c2ccc3c(c2)oc2ccc(-c4cccc5cc6c(cc45)oc4ccccc46)cc23)OC1(C)C.CC1(C)OB(c2cccc3c2oc2c(-c4ccc5cc6oc7ccccc7c6cc5c4)cccc23)OC1(C)C.CC1(C)OB(c2cccc3oc4cc(-c5c6ccccc6cc6oc7ccccc7c56)ccc4c23)OC1(C)C. The molecule has 0 aliphatic carbocycles.